The van der Waals surface area contributed by atoms with Gasteiger partial charge in [-0.15, -0.1) is 11.3 Å². The van der Waals surface area contributed by atoms with Gasteiger partial charge < -0.3 is 14.2 Å². The Morgan fingerprint density at radius 1 is 1.10 bits per heavy atom. The SMILES string of the molecule is Cc1ccc(-c2csc(NC(=O)COC(=O)c3ccc4c(c3)OCCO4)n2)cc1. The van der Waals surface area contributed by atoms with Crippen LogP contribution in [-0.4, -0.2) is 36.7 Å². The molecule has 29 heavy (non-hydrogen) atoms. The van der Waals surface area contributed by atoms with Crippen LogP contribution >= 0.6 is 11.3 Å². The van der Waals surface area contributed by atoms with Gasteiger partial charge in [0.05, 0.1) is 11.3 Å². The first kappa shape index (κ1) is 18.9. The number of benzene rings is 2. The van der Waals surface area contributed by atoms with Gasteiger partial charge in [0.1, 0.15) is 13.2 Å². The zero-order chi connectivity index (χ0) is 20.2. The van der Waals surface area contributed by atoms with E-state index >= 15 is 0 Å². The fourth-order valence-corrected chi connectivity index (χ4v) is 3.46. The maximum Gasteiger partial charge on any atom is 0.338 e. The molecule has 0 spiro atoms. The number of esters is 1. The summed E-state index contributed by atoms with van der Waals surface area (Å²) in [6, 6.07) is 12.7. The van der Waals surface area contributed by atoms with E-state index in [-0.39, 0.29) is 5.56 Å². The first-order chi connectivity index (χ1) is 14.1. The van der Waals surface area contributed by atoms with E-state index in [2.05, 4.69) is 10.3 Å². The Labute approximate surface area is 171 Å². The van der Waals surface area contributed by atoms with E-state index in [1.54, 1.807) is 18.2 Å². The van der Waals surface area contributed by atoms with Crippen molar-refractivity contribution in [2.24, 2.45) is 0 Å². The van der Waals surface area contributed by atoms with E-state index in [1.807, 2.05) is 36.6 Å². The van der Waals surface area contributed by atoms with Gasteiger partial charge in [0.25, 0.3) is 5.91 Å². The molecular weight excluding hydrogens is 392 g/mol. The lowest BCUT2D eigenvalue weighted by molar-refractivity contribution is -0.119. The topological polar surface area (TPSA) is 86.8 Å². The first-order valence-electron chi connectivity index (χ1n) is 8.98. The van der Waals surface area contributed by atoms with Crippen LogP contribution in [0.15, 0.2) is 47.8 Å². The highest BCUT2D eigenvalue weighted by Crippen LogP contribution is 2.31. The van der Waals surface area contributed by atoms with Crippen LogP contribution in [0.4, 0.5) is 5.13 Å². The van der Waals surface area contributed by atoms with Gasteiger partial charge in [-0.3, -0.25) is 10.1 Å². The number of aryl methyl sites for hydroxylation is 1. The molecule has 0 atom stereocenters. The van der Waals surface area contributed by atoms with Crippen LogP contribution in [0.25, 0.3) is 11.3 Å². The number of nitrogens with one attached hydrogen (secondary N) is 1. The lowest BCUT2D eigenvalue weighted by Crippen LogP contribution is -2.21. The largest absolute Gasteiger partial charge is 0.486 e. The lowest BCUT2D eigenvalue weighted by Gasteiger charge is -2.18. The van der Waals surface area contributed by atoms with Gasteiger partial charge >= 0.3 is 5.97 Å². The zero-order valence-corrected chi connectivity index (χ0v) is 16.5. The van der Waals surface area contributed by atoms with E-state index in [9.17, 15) is 9.59 Å². The summed E-state index contributed by atoms with van der Waals surface area (Å²) >= 11 is 1.31. The van der Waals surface area contributed by atoms with Crippen LogP contribution in [0, 0.1) is 6.92 Å². The van der Waals surface area contributed by atoms with Gasteiger partial charge in [0.2, 0.25) is 0 Å². The van der Waals surface area contributed by atoms with Crippen LogP contribution in [0.1, 0.15) is 15.9 Å². The molecule has 0 aliphatic carbocycles. The summed E-state index contributed by atoms with van der Waals surface area (Å²) in [7, 11) is 0. The van der Waals surface area contributed by atoms with Crippen molar-refractivity contribution in [3.63, 3.8) is 0 Å². The van der Waals surface area contributed by atoms with Crippen molar-refractivity contribution < 1.29 is 23.8 Å². The van der Waals surface area contributed by atoms with Crippen LogP contribution in [0.2, 0.25) is 0 Å². The molecule has 0 saturated carbocycles. The first-order valence-corrected chi connectivity index (χ1v) is 9.85. The molecule has 3 aromatic rings. The van der Waals surface area contributed by atoms with E-state index in [0.717, 1.165) is 16.8 Å². The number of thiazole rings is 1. The molecule has 7 nitrogen and oxygen atoms in total. The standard InChI is InChI=1S/C21H18N2O5S/c1-13-2-4-14(5-3-13)16-12-29-21(22-16)23-19(24)11-28-20(25)15-6-7-17-18(10-15)27-9-8-26-17/h2-7,10,12H,8-9,11H2,1H3,(H,22,23,24). The molecule has 0 radical (unpaired) electrons. The Morgan fingerprint density at radius 2 is 1.86 bits per heavy atom. The third kappa shape index (κ3) is 4.55. The zero-order valence-electron chi connectivity index (χ0n) is 15.6. The summed E-state index contributed by atoms with van der Waals surface area (Å²) < 4.78 is 15.9. The third-order valence-corrected chi connectivity index (χ3v) is 4.97. The Hall–Kier alpha value is -3.39. The molecule has 148 valence electrons. The van der Waals surface area contributed by atoms with Crippen molar-refractivity contribution in [2.45, 2.75) is 6.92 Å². The van der Waals surface area contributed by atoms with Gasteiger partial charge in [-0.1, -0.05) is 29.8 Å². The predicted molar refractivity (Wildman–Crippen MR) is 109 cm³/mol. The summed E-state index contributed by atoms with van der Waals surface area (Å²) in [4.78, 5) is 28.7. The highest BCUT2D eigenvalue weighted by molar-refractivity contribution is 7.14. The molecule has 1 aliphatic heterocycles. The summed E-state index contributed by atoms with van der Waals surface area (Å²) in [5.41, 5.74) is 3.20. The predicted octanol–water partition coefficient (Wildman–Crippen LogP) is 3.69. The summed E-state index contributed by atoms with van der Waals surface area (Å²) in [5, 5.41) is 4.95. The number of anilines is 1. The lowest BCUT2D eigenvalue weighted by atomic mass is 10.1. The fourth-order valence-electron chi connectivity index (χ4n) is 2.73. The van der Waals surface area contributed by atoms with E-state index in [0.29, 0.717) is 29.8 Å². The number of hydrogen-bond donors (Lipinski definition) is 1. The summed E-state index contributed by atoms with van der Waals surface area (Å²) in [5.74, 6) is -0.00225. The smallest absolute Gasteiger partial charge is 0.338 e. The maximum atomic E-state index is 12.2. The molecule has 2 aromatic carbocycles. The molecule has 8 heteroatoms. The normalized spacial score (nSPS) is 12.3. The molecule has 1 N–H and O–H groups in total. The second-order valence-corrected chi connectivity index (χ2v) is 7.24. The molecule has 2 heterocycles. The second-order valence-electron chi connectivity index (χ2n) is 6.39. The highest BCUT2D eigenvalue weighted by Gasteiger charge is 2.17. The van der Waals surface area contributed by atoms with E-state index in [1.165, 1.54) is 11.3 Å². The van der Waals surface area contributed by atoms with Crippen LogP contribution in [0.5, 0.6) is 11.5 Å². The minimum Gasteiger partial charge on any atom is -0.486 e. The number of nitrogens with zero attached hydrogens (tertiary/aromatic N) is 1. The van der Waals surface area contributed by atoms with E-state index < -0.39 is 18.5 Å². The molecule has 1 aliphatic rings. The number of rotatable bonds is 5. The van der Waals surface area contributed by atoms with Gasteiger partial charge in [-0.05, 0) is 25.1 Å². The molecule has 1 aromatic heterocycles. The number of aromatic nitrogens is 1. The molecular formula is C21H18N2O5S. The number of amides is 1. The molecule has 1 amide bonds. The molecule has 0 fully saturated rings. The maximum absolute atomic E-state index is 12.2. The summed E-state index contributed by atoms with van der Waals surface area (Å²) in [6.45, 7) is 2.50. The van der Waals surface area contributed by atoms with Crippen molar-refractivity contribution in [3.8, 4) is 22.8 Å². The van der Waals surface area contributed by atoms with Gasteiger partial charge in [0.15, 0.2) is 23.2 Å². The highest BCUT2D eigenvalue weighted by atomic mass is 32.1. The second kappa shape index (κ2) is 8.32. The minimum atomic E-state index is -0.614. The molecule has 0 bridgehead atoms. The van der Waals surface area contributed by atoms with Crippen LogP contribution < -0.4 is 14.8 Å². The molecule has 0 unspecified atom stereocenters. The molecule has 4 rings (SSSR count). The molecule has 0 saturated heterocycles. The minimum absolute atomic E-state index is 0.290. The Bertz CT molecular complexity index is 1050. The van der Waals surface area contributed by atoms with Crippen LogP contribution in [-0.2, 0) is 9.53 Å². The fraction of sp³-hybridized carbons (Fsp3) is 0.190. The van der Waals surface area contributed by atoms with E-state index in [4.69, 9.17) is 14.2 Å². The Balaban J connectivity index is 1.32. The number of fused-ring (bicyclic) bond motifs is 1. The van der Waals surface area contributed by atoms with Crippen molar-refractivity contribution in [3.05, 3.63) is 59.0 Å². The van der Waals surface area contributed by atoms with Crippen molar-refractivity contribution in [1.82, 2.24) is 4.98 Å². The number of carbonyl (C=O) groups is 2. The van der Waals surface area contributed by atoms with Crippen LogP contribution in [0.3, 0.4) is 0 Å². The van der Waals surface area contributed by atoms with Gasteiger partial charge in [-0.2, -0.15) is 0 Å². The van der Waals surface area contributed by atoms with Crippen molar-refractivity contribution >= 4 is 28.3 Å². The Morgan fingerprint density at radius 3 is 2.66 bits per heavy atom. The van der Waals surface area contributed by atoms with Crippen molar-refractivity contribution in [2.75, 3.05) is 25.1 Å². The number of carbonyl (C=O) groups excluding carboxylic acids is 2. The average Bonchev–Trinajstić information content (AvgIpc) is 3.20. The monoisotopic (exact) mass is 410 g/mol. The Kier molecular flexibility index (Phi) is 5.44. The average molecular weight is 410 g/mol. The van der Waals surface area contributed by atoms with Crippen molar-refractivity contribution in [1.29, 1.82) is 0 Å². The van der Waals surface area contributed by atoms with Gasteiger partial charge in [-0.25, -0.2) is 9.78 Å². The quantitative estimate of drug-likeness (QED) is 0.646. The summed E-state index contributed by atoms with van der Waals surface area (Å²) in [6.07, 6.45) is 0. The number of hydrogen-bond acceptors (Lipinski definition) is 7. The van der Waals surface area contributed by atoms with Gasteiger partial charge in [0, 0.05) is 10.9 Å². The third-order valence-electron chi connectivity index (χ3n) is 4.21. The number of ether oxygens (including phenoxy) is 3.